The number of para-hydroxylation sites is 1. The highest BCUT2D eigenvalue weighted by atomic mass is 79.9. The number of amides is 1. The van der Waals surface area contributed by atoms with E-state index in [-0.39, 0.29) is 19.8 Å². The van der Waals surface area contributed by atoms with Crippen LogP contribution in [0.25, 0.3) is 0 Å². The van der Waals surface area contributed by atoms with Gasteiger partial charge in [-0.15, -0.1) is 0 Å². The number of hydrogen-bond donors (Lipinski definition) is 3. The van der Waals surface area contributed by atoms with E-state index in [1.807, 2.05) is 6.07 Å². The molecule has 236 valence electrons. The van der Waals surface area contributed by atoms with Crippen LogP contribution in [0.3, 0.4) is 0 Å². The second kappa shape index (κ2) is 15.9. The number of methoxy groups -OCH3 is 1. The van der Waals surface area contributed by atoms with Gasteiger partial charge in [0.2, 0.25) is 0 Å². The van der Waals surface area contributed by atoms with Crippen molar-refractivity contribution in [1.82, 2.24) is 16.1 Å². The first-order valence-corrected chi connectivity index (χ1v) is 15.5. The van der Waals surface area contributed by atoms with Gasteiger partial charge in [0, 0.05) is 11.3 Å². The number of ether oxygens (including phenoxy) is 4. The predicted molar refractivity (Wildman–Crippen MR) is 180 cm³/mol. The molecule has 3 N–H and O–H groups in total. The van der Waals surface area contributed by atoms with E-state index < -0.39 is 17.9 Å². The standard InChI is InChI=1S/C31H29BrCl2N4O6S/c1-4-42-30(40)27-17(2)36-31(45)37-28(27)20-7-5-6-8-24(20)43-16-26(39)38-35-14-19-11-21(32)29(25(13-19)41-3)44-15-18-9-10-22(33)23(34)12-18/h5-14,28H,4,15-16H2,1-3H3,(H,38,39)(H2,36,37,45)/t28-/m1/s1. The van der Waals surface area contributed by atoms with Crippen LogP contribution in [0.1, 0.15) is 36.6 Å². The summed E-state index contributed by atoms with van der Waals surface area (Å²) in [5.74, 6) is 0.337. The van der Waals surface area contributed by atoms with Crippen LogP contribution in [-0.4, -0.2) is 43.5 Å². The van der Waals surface area contributed by atoms with Crippen molar-refractivity contribution in [1.29, 1.82) is 0 Å². The lowest BCUT2D eigenvalue weighted by atomic mass is 9.95. The molecule has 4 rings (SSSR count). The number of nitrogens with zero attached hydrogens (tertiary/aromatic N) is 1. The minimum atomic E-state index is -0.639. The quantitative estimate of drug-likeness (QED) is 0.0861. The van der Waals surface area contributed by atoms with E-state index >= 15 is 0 Å². The number of hydrazone groups is 1. The molecule has 14 heteroatoms. The highest BCUT2D eigenvalue weighted by Gasteiger charge is 2.32. The molecular formula is C31H29BrCl2N4O6S. The first-order valence-electron chi connectivity index (χ1n) is 13.5. The summed E-state index contributed by atoms with van der Waals surface area (Å²) in [7, 11) is 1.52. The maximum absolute atomic E-state index is 12.8. The minimum Gasteiger partial charge on any atom is -0.493 e. The molecule has 0 unspecified atom stereocenters. The van der Waals surface area contributed by atoms with Gasteiger partial charge in [-0.3, -0.25) is 4.79 Å². The van der Waals surface area contributed by atoms with Crippen LogP contribution in [0.5, 0.6) is 17.2 Å². The van der Waals surface area contributed by atoms with Gasteiger partial charge >= 0.3 is 5.97 Å². The zero-order chi connectivity index (χ0) is 32.5. The fourth-order valence-electron chi connectivity index (χ4n) is 4.35. The lowest BCUT2D eigenvalue weighted by Gasteiger charge is -2.30. The average Bonchev–Trinajstić information content (AvgIpc) is 3.00. The summed E-state index contributed by atoms with van der Waals surface area (Å²) >= 11 is 20.9. The summed E-state index contributed by atoms with van der Waals surface area (Å²) in [5, 5.41) is 11.3. The predicted octanol–water partition coefficient (Wildman–Crippen LogP) is 6.23. The third-order valence-electron chi connectivity index (χ3n) is 6.38. The molecule has 0 spiro atoms. The Morgan fingerprint density at radius 3 is 2.60 bits per heavy atom. The molecule has 0 bridgehead atoms. The third-order valence-corrected chi connectivity index (χ3v) is 7.92. The van der Waals surface area contributed by atoms with Crippen molar-refractivity contribution in [2.45, 2.75) is 26.5 Å². The number of hydrogen-bond acceptors (Lipinski definition) is 8. The van der Waals surface area contributed by atoms with E-state index in [9.17, 15) is 9.59 Å². The van der Waals surface area contributed by atoms with Crippen molar-refractivity contribution in [2.24, 2.45) is 5.10 Å². The zero-order valence-corrected chi connectivity index (χ0v) is 28.3. The number of benzene rings is 3. The molecule has 0 saturated carbocycles. The van der Waals surface area contributed by atoms with Gasteiger partial charge in [0.15, 0.2) is 23.2 Å². The van der Waals surface area contributed by atoms with Crippen LogP contribution >= 0.6 is 51.3 Å². The third kappa shape index (κ3) is 8.88. The van der Waals surface area contributed by atoms with Crippen LogP contribution in [0.15, 0.2) is 75.4 Å². The van der Waals surface area contributed by atoms with Crippen LogP contribution < -0.4 is 30.3 Å². The number of halogens is 3. The molecular weight excluding hydrogens is 707 g/mol. The van der Waals surface area contributed by atoms with Crippen molar-refractivity contribution in [3.05, 3.63) is 97.1 Å². The Balaban J connectivity index is 1.39. The van der Waals surface area contributed by atoms with E-state index in [1.54, 1.807) is 62.4 Å². The number of carbonyl (C=O) groups excluding carboxylic acids is 2. The molecule has 0 radical (unpaired) electrons. The summed E-state index contributed by atoms with van der Waals surface area (Å²) in [4.78, 5) is 25.4. The molecule has 45 heavy (non-hydrogen) atoms. The Bertz CT molecular complexity index is 1670. The van der Waals surface area contributed by atoms with Crippen LogP contribution in [0, 0.1) is 0 Å². The van der Waals surface area contributed by atoms with E-state index in [4.69, 9.17) is 54.4 Å². The normalized spacial score (nSPS) is 14.4. The van der Waals surface area contributed by atoms with Gasteiger partial charge in [0.1, 0.15) is 12.4 Å². The van der Waals surface area contributed by atoms with Crippen LogP contribution in [0.4, 0.5) is 0 Å². The number of esters is 1. The number of thiocarbonyl (C=S) groups is 1. The molecule has 1 atom stereocenters. The molecule has 1 aliphatic heterocycles. The van der Waals surface area contributed by atoms with Crippen molar-refractivity contribution in [3.8, 4) is 17.2 Å². The van der Waals surface area contributed by atoms with E-state index in [0.717, 1.165) is 5.56 Å². The maximum atomic E-state index is 12.8. The van der Waals surface area contributed by atoms with Gasteiger partial charge in [-0.25, -0.2) is 10.2 Å². The summed E-state index contributed by atoms with van der Waals surface area (Å²) in [6.45, 7) is 3.59. The van der Waals surface area contributed by atoms with E-state index in [1.165, 1.54) is 13.3 Å². The van der Waals surface area contributed by atoms with Gasteiger partial charge in [0.05, 0.1) is 46.1 Å². The molecule has 1 amide bonds. The summed E-state index contributed by atoms with van der Waals surface area (Å²) in [6, 6.07) is 15.1. The van der Waals surface area contributed by atoms with Gasteiger partial charge in [-0.1, -0.05) is 47.5 Å². The topological polar surface area (TPSA) is 120 Å². The second-order valence-electron chi connectivity index (χ2n) is 9.48. The highest BCUT2D eigenvalue weighted by molar-refractivity contribution is 9.10. The largest absolute Gasteiger partial charge is 0.493 e. The molecule has 0 fully saturated rings. The fraction of sp³-hybridized carbons (Fsp3) is 0.226. The Hall–Kier alpha value is -3.84. The molecule has 0 aliphatic carbocycles. The van der Waals surface area contributed by atoms with E-state index in [0.29, 0.717) is 59.3 Å². The Labute approximate surface area is 284 Å². The summed E-state index contributed by atoms with van der Waals surface area (Å²) in [6.07, 6.45) is 1.46. The summed E-state index contributed by atoms with van der Waals surface area (Å²) in [5.41, 5.74) is 5.46. The molecule has 1 aliphatic rings. The molecule has 3 aromatic carbocycles. The Kier molecular flexibility index (Phi) is 12.1. The van der Waals surface area contributed by atoms with Crippen LogP contribution in [0.2, 0.25) is 10.0 Å². The van der Waals surface area contributed by atoms with Crippen molar-refractivity contribution >= 4 is 74.6 Å². The van der Waals surface area contributed by atoms with Crippen molar-refractivity contribution in [3.63, 3.8) is 0 Å². The van der Waals surface area contributed by atoms with Gasteiger partial charge in [-0.2, -0.15) is 5.10 Å². The minimum absolute atomic E-state index is 0.216. The first-order chi connectivity index (χ1) is 21.6. The number of rotatable bonds is 12. The molecule has 0 aromatic heterocycles. The first kappa shape index (κ1) is 34.0. The summed E-state index contributed by atoms with van der Waals surface area (Å²) < 4.78 is 23.2. The maximum Gasteiger partial charge on any atom is 0.338 e. The number of nitrogens with one attached hydrogen (secondary N) is 3. The monoisotopic (exact) mass is 734 g/mol. The lowest BCUT2D eigenvalue weighted by molar-refractivity contribution is -0.139. The lowest BCUT2D eigenvalue weighted by Crippen LogP contribution is -2.45. The molecule has 1 heterocycles. The number of carbonyl (C=O) groups is 2. The Morgan fingerprint density at radius 1 is 1.09 bits per heavy atom. The smallest absolute Gasteiger partial charge is 0.338 e. The van der Waals surface area contributed by atoms with Crippen molar-refractivity contribution in [2.75, 3.05) is 20.3 Å². The van der Waals surface area contributed by atoms with Gasteiger partial charge in [0.25, 0.3) is 5.91 Å². The number of allylic oxidation sites excluding steroid dienone is 1. The fourth-order valence-corrected chi connectivity index (χ4v) is 5.52. The van der Waals surface area contributed by atoms with Gasteiger partial charge in [-0.05, 0) is 83.5 Å². The second-order valence-corrected chi connectivity index (χ2v) is 11.6. The molecule has 3 aromatic rings. The highest BCUT2D eigenvalue weighted by Crippen LogP contribution is 2.37. The zero-order valence-electron chi connectivity index (χ0n) is 24.4. The SMILES string of the molecule is CCOC(=O)C1=C(C)NC(=S)N[C@@H]1c1ccccc1OCC(=O)NN=Cc1cc(Br)c(OCc2ccc(Cl)c(Cl)c2)c(OC)c1. The Morgan fingerprint density at radius 2 is 1.87 bits per heavy atom. The van der Waals surface area contributed by atoms with E-state index in [2.05, 4.69) is 37.1 Å². The van der Waals surface area contributed by atoms with Crippen molar-refractivity contribution < 1.29 is 28.5 Å². The van der Waals surface area contributed by atoms with Gasteiger partial charge < -0.3 is 29.6 Å². The molecule has 10 nitrogen and oxygen atoms in total. The average molecular weight is 736 g/mol. The molecule has 0 saturated heterocycles. The van der Waals surface area contributed by atoms with Crippen LogP contribution in [-0.2, 0) is 20.9 Å².